The number of amides is 1. The molecule has 5 nitrogen and oxygen atoms in total. The maximum Gasteiger partial charge on any atom is 0.273 e. The number of benzene rings is 2. The lowest BCUT2D eigenvalue weighted by atomic mass is 10.1. The van der Waals surface area contributed by atoms with Gasteiger partial charge in [0.15, 0.2) is 5.11 Å². The molecule has 1 aromatic heterocycles. The Morgan fingerprint density at radius 2 is 1.83 bits per heavy atom. The molecule has 0 atom stereocenters. The number of aromatic nitrogens is 2. The monoisotopic (exact) mass is 320 g/mol. The molecule has 1 saturated heterocycles. The van der Waals surface area contributed by atoms with Crippen LogP contribution >= 0.6 is 12.2 Å². The zero-order valence-electron chi connectivity index (χ0n) is 12.0. The first kappa shape index (κ1) is 13.7. The van der Waals surface area contributed by atoms with E-state index in [9.17, 15) is 4.79 Å². The molecule has 2 N–H and O–H groups in total. The molecule has 2 aromatic carbocycles. The number of carbonyl (C=O) groups is 1. The Hall–Kier alpha value is -2.99. The summed E-state index contributed by atoms with van der Waals surface area (Å²) < 4.78 is 2.03. The summed E-state index contributed by atoms with van der Waals surface area (Å²) in [5.41, 5.74) is 4.40. The molecule has 6 heteroatoms. The van der Waals surface area contributed by atoms with Gasteiger partial charge in [0.25, 0.3) is 5.91 Å². The topological polar surface area (TPSA) is 59.0 Å². The van der Waals surface area contributed by atoms with Crippen molar-refractivity contribution in [2.24, 2.45) is 0 Å². The fourth-order valence-corrected chi connectivity index (χ4v) is 2.75. The Bertz CT molecular complexity index is 956. The van der Waals surface area contributed by atoms with E-state index in [1.54, 1.807) is 6.08 Å². The van der Waals surface area contributed by atoms with Gasteiger partial charge < -0.3 is 5.32 Å². The molecule has 1 fully saturated rings. The number of rotatable bonds is 2. The Kier molecular flexibility index (Phi) is 3.17. The molecule has 4 rings (SSSR count). The maximum absolute atomic E-state index is 11.6. The highest BCUT2D eigenvalue weighted by atomic mass is 32.1. The highest BCUT2D eigenvalue weighted by molar-refractivity contribution is 7.80. The minimum Gasteiger partial charge on any atom is -0.328 e. The van der Waals surface area contributed by atoms with Crippen LogP contribution < -0.4 is 10.6 Å². The van der Waals surface area contributed by atoms with Gasteiger partial charge in [0.05, 0.1) is 11.0 Å². The molecule has 0 aliphatic carbocycles. The molecular formula is C17H12N4OS. The van der Waals surface area contributed by atoms with E-state index in [1.807, 2.05) is 59.4 Å². The van der Waals surface area contributed by atoms with Crippen LogP contribution in [0.3, 0.4) is 0 Å². The Morgan fingerprint density at radius 3 is 2.57 bits per heavy atom. The van der Waals surface area contributed by atoms with Gasteiger partial charge >= 0.3 is 0 Å². The second kappa shape index (κ2) is 5.33. The SMILES string of the molecule is O=C1NC(=S)NC1=Cc1ccc(-n2cnc3ccccc32)cc1. The lowest BCUT2D eigenvalue weighted by Crippen LogP contribution is -2.21. The molecule has 1 amide bonds. The van der Waals surface area contributed by atoms with E-state index >= 15 is 0 Å². The molecule has 23 heavy (non-hydrogen) atoms. The summed E-state index contributed by atoms with van der Waals surface area (Å²) in [7, 11) is 0. The number of nitrogens with one attached hydrogen (secondary N) is 2. The van der Waals surface area contributed by atoms with E-state index in [0.29, 0.717) is 10.8 Å². The van der Waals surface area contributed by atoms with Gasteiger partial charge in [-0.2, -0.15) is 0 Å². The minimum atomic E-state index is -0.209. The zero-order valence-corrected chi connectivity index (χ0v) is 12.8. The summed E-state index contributed by atoms with van der Waals surface area (Å²) >= 11 is 4.91. The third-order valence-electron chi connectivity index (χ3n) is 3.66. The first-order valence-corrected chi connectivity index (χ1v) is 7.48. The predicted molar refractivity (Wildman–Crippen MR) is 92.9 cm³/mol. The molecule has 0 saturated carbocycles. The number of thiocarbonyl (C=S) groups is 1. The van der Waals surface area contributed by atoms with Crippen LogP contribution in [-0.2, 0) is 4.79 Å². The molecule has 0 unspecified atom stereocenters. The van der Waals surface area contributed by atoms with Crippen molar-refractivity contribution in [3.8, 4) is 5.69 Å². The fourth-order valence-electron chi connectivity index (χ4n) is 2.55. The first-order chi connectivity index (χ1) is 11.2. The fraction of sp³-hybridized carbons (Fsp3) is 0. The number of carbonyl (C=O) groups excluding carboxylic acids is 1. The summed E-state index contributed by atoms with van der Waals surface area (Å²) in [6, 6.07) is 15.9. The van der Waals surface area contributed by atoms with Gasteiger partial charge in [0.2, 0.25) is 0 Å². The predicted octanol–water partition coefficient (Wildman–Crippen LogP) is 2.37. The molecular weight excluding hydrogens is 308 g/mol. The standard InChI is InChI=1S/C17H12N4OS/c22-16-14(19-17(23)20-16)9-11-5-7-12(8-6-11)21-10-18-13-3-1-2-4-15(13)21/h1-10H,(H2,19,20,22,23). The summed E-state index contributed by atoms with van der Waals surface area (Å²) in [6.45, 7) is 0. The zero-order chi connectivity index (χ0) is 15.8. The molecule has 1 aliphatic heterocycles. The van der Waals surface area contributed by atoms with E-state index in [-0.39, 0.29) is 5.91 Å². The summed E-state index contributed by atoms with van der Waals surface area (Å²) in [5, 5.41) is 5.71. The number of para-hydroxylation sites is 2. The van der Waals surface area contributed by atoms with Crippen LogP contribution in [0, 0.1) is 0 Å². The van der Waals surface area contributed by atoms with Crippen LogP contribution in [-0.4, -0.2) is 20.6 Å². The van der Waals surface area contributed by atoms with Crippen LogP contribution in [0.4, 0.5) is 0 Å². The third-order valence-corrected chi connectivity index (χ3v) is 3.86. The molecule has 0 spiro atoms. The van der Waals surface area contributed by atoms with E-state index in [2.05, 4.69) is 15.6 Å². The number of imidazole rings is 1. The van der Waals surface area contributed by atoms with Gasteiger partial charge in [0.1, 0.15) is 12.0 Å². The van der Waals surface area contributed by atoms with Crippen molar-refractivity contribution in [1.29, 1.82) is 0 Å². The quantitative estimate of drug-likeness (QED) is 0.562. The largest absolute Gasteiger partial charge is 0.328 e. The van der Waals surface area contributed by atoms with Crippen molar-refractivity contribution in [3.63, 3.8) is 0 Å². The van der Waals surface area contributed by atoms with Gasteiger partial charge in [-0.1, -0.05) is 24.3 Å². The smallest absolute Gasteiger partial charge is 0.273 e. The molecule has 3 aromatic rings. The van der Waals surface area contributed by atoms with Gasteiger partial charge in [-0.15, -0.1) is 0 Å². The normalized spacial score (nSPS) is 15.9. The third kappa shape index (κ3) is 2.49. The lowest BCUT2D eigenvalue weighted by Gasteiger charge is -2.05. The Balaban J connectivity index is 1.67. The lowest BCUT2D eigenvalue weighted by molar-refractivity contribution is -0.115. The number of hydrogen-bond acceptors (Lipinski definition) is 3. The minimum absolute atomic E-state index is 0.209. The van der Waals surface area contributed by atoms with Crippen molar-refractivity contribution in [1.82, 2.24) is 20.2 Å². The van der Waals surface area contributed by atoms with Crippen LogP contribution in [0.5, 0.6) is 0 Å². The van der Waals surface area contributed by atoms with E-state index < -0.39 is 0 Å². The molecule has 112 valence electrons. The van der Waals surface area contributed by atoms with E-state index in [4.69, 9.17) is 12.2 Å². The summed E-state index contributed by atoms with van der Waals surface area (Å²) in [4.78, 5) is 16.0. The second-order valence-electron chi connectivity index (χ2n) is 5.16. The average Bonchev–Trinajstić information content (AvgIpc) is 3.12. The highest BCUT2D eigenvalue weighted by Crippen LogP contribution is 2.19. The van der Waals surface area contributed by atoms with Gasteiger partial charge in [-0.05, 0) is 48.1 Å². The van der Waals surface area contributed by atoms with E-state index in [1.165, 1.54) is 0 Å². The number of nitrogens with zero attached hydrogens (tertiary/aromatic N) is 2. The van der Waals surface area contributed by atoms with Crippen LogP contribution in [0.2, 0.25) is 0 Å². The van der Waals surface area contributed by atoms with Crippen molar-refractivity contribution >= 4 is 40.3 Å². The maximum atomic E-state index is 11.6. The van der Waals surface area contributed by atoms with Crippen molar-refractivity contribution in [2.45, 2.75) is 0 Å². The van der Waals surface area contributed by atoms with Crippen molar-refractivity contribution in [3.05, 3.63) is 66.1 Å². The highest BCUT2D eigenvalue weighted by Gasteiger charge is 2.19. The van der Waals surface area contributed by atoms with Crippen molar-refractivity contribution in [2.75, 3.05) is 0 Å². The van der Waals surface area contributed by atoms with Crippen molar-refractivity contribution < 1.29 is 4.79 Å². The number of fused-ring (bicyclic) bond motifs is 1. The average molecular weight is 320 g/mol. The van der Waals surface area contributed by atoms with E-state index in [0.717, 1.165) is 22.3 Å². The van der Waals surface area contributed by atoms with Crippen LogP contribution in [0.1, 0.15) is 5.56 Å². The van der Waals surface area contributed by atoms with Gasteiger partial charge in [-0.3, -0.25) is 14.7 Å². The molecule has 1 aliphatic rings. The van der Waals surface area contributed by atoms with Crippen LogP contribution in [0.15, 0.2) is 60.6 Å². The van der Waals surface area contributed by atoms with Gasteiger partial charge in [-0.25, -0.2) is 4.98 Å². The summed E-state index contributed by atoms with van der Waals surface area (Å²) in [6.07, 6.45) is 3.58. The Labute approximate surface area is 137 Å². The van der Waals surface area contributed by atoms with Crippen LogP contribution in [0.25, 0.3) is 22.8 Å². The second-order valence-corrected chi connectivity index (χ2v) is 5.57. The van der Waals surface area contributed by atoms with Gasteiger partial charge in [0, 0.05) is 5.69 Å². The molecule has 2 heterocycles. The number of hydrogen-bond donors (Lipinski definition) is 2. The first-order valence-electron chi connectivity index (χ1n) is 7.07. The molecule has 0 bridgehead atoms. The Morgan fingerprint density at radius 1 is 1.04 bits per heavy atom. The molecule has 0 radical (unpaired) electrons. The summed E-state index contributed by atoms with van der Waals surface area (Å²) in [5.74, 6) is -0.209.